The Morgan fingerprint density at radius 1 is 0.946 bits per heavy atom. The molecular weight excluding hydrogens is 465 g/mol. The highest BCUT2D eigenvalue weighted by Gasteiger charge is 2.30. The number of carbonyl (C=O) groups excluding carboxylic acids is 1. The Kier molecular flexibility index (Phi) is 8.49. The zero-order valence-corrected chi connectivity index (χ0v) is 21.8. The topological polar surface area (TPSA) is 55.2 Å². The molecule has 0 aliphatic heterocycles. The quantitative estimate of drug-likeness (QED) is 0.221. The maximum Gasteiger partial charge on any atom is 0.266 e. The summed E-state index contributed by atoms with van der Waals surface area (Å²) < 4.78 is 15.3. The lowest BCUT2D eigenvalue weighted by molar-refractivity contribution is 0.0654. The fourth-order valence-electron chi connectivity index (χ4n) is 4.83. The van der Waals surface area contributed by atoms with E-state index < -0.39 is 6.04 Å². The second kappa shape index (κ2) is 12.0. The molecule has 0 spiro atoms. The van der Waals surface area contributed by atoms with Gasteiger partial charge in [-0.1, -0.05) is 63.4 Å². The highest BCUT2D eigenvalue weighted by Crippen LogP contribution is 2.29. The number of carbonyl (C=O) groups is 1. The smallest absolute Gasteiger partial charge is 0.266 e. The predicted octanol–water partition coefficient (Wildman–Crippen LogP) is 7.01. The van der Waals surface area contributed by atoms with Crippen molar-refractivity contribution in [2.24, 2.45) is 0 Å². The van der Waals surface area contributed by atoms with Crippen LogP contribution in [0.4, 0.5) is 4.39 Å². The van der Waals surface area contributed by atoms with Gasteiger partial charge in [0.1, 0.15) is 11.6 Å². The summed E-state index contributed by atoms with van der Waals surface area (Å²) in [4.78, 5) is 34.6. The molecule has 1 unspecified atom stereocenters. The van der Waals surface area contributed by atoms with Crippen molar-refractivity contribution in [3.05, 3.63) is 106 Å². The third-order valence-corrected chi connectivity index (χ3v) is 6.84. The number of fused-ring (bicyclic) bond motifs is 1. The lowest BCUT2D eigenvalue weighted by Crippen LogP contribution is -2.39. The minimum absolute atomic E-state index is 0.0745. The molecule has 0 N–H and O–H groups in total. The predicted molar refractivity (Wildman–Crippen MR) is 147 cm³/mol. The zero-order valence-electron chi connectivity index (χ0n) is 21.8. The van der Waals surface area contributed by atoms with E-state index in [1.807, 2.05) is 55.1 Å². The first kappa shape index (κ1) is 26.3. The van der Waals surface area contributed by atoms with Crippen molar-refractivity contribution in [1.29, 1.82) is 0 Å². The van der Waals surface area contributed by atoms with Crippen molar-refractivity contribution in [1.82, 2.24) is 14.5 Å². The van der Waals surface area contributed by atoms with Gasteiger partial charge in [-0.05, 0) is 67.8 Å². The molecule has 0 fully saturated rings. The number of aryl methyl sites for hydroxylation is 1. The van der Waals surface area contributed by atoms with Crippen LogP contribution in [0.3, 0.4) is 0 Å². The number of aromatic nitrogens is 2. The fourth-order valence-corrected chi connectivity index (χ4v) is 4.83. The molecule has 0 saturated carbocycles. The normalized spacial score (nSPS) is 12.0. The summed E-state index contributed by atoms with van der Waals surface area (Å²) in [6.07, 6.45) is 4.63. The van der Waals surface area contributed by atoms with Crippen LogP contribution in [0, 0.1) is 12.7 Å². The van der Waals surface area contributed by atoms with E-state index in [1.165, 1.54) is 12.1 Å². The molecular formula is C31H34FN3O2. The van der Waals surface area contributed by atoms with Crippen LogP contribution in [-0.2, 0) is 0 Å². The number of unbranched alkanes of at least 4 members (excludes halogenated alkanes) is 3. The first-order chi connectivity index (χ1) is 18.0. The number of halogens is 1. The molecule has 5 nitrogen and oxygen atoms in total. The summed E-state index contributed by atoms with van der Waals surface area (Å²) in [5, 5.41) is 0.477. The van der Waals surface area contributed by atoms with E-state index in [1.54, 1.807) is 28.8 Å². The van der Waals surface area contributed by atoms with E-state index >= 15 is 0 Å². The van der Waals surface area contributed by atoms with Crippen molar-refractivity contribution < 1.29 is 9.18 Å². The highest BCUT2D eigenvalue weighted by atomic mass is 19.1. The molecule has 1 amide bonds. The third kappa shape index (κ3) is 5.63. The Balaban J connectivity index is 1.90. The Labute approximate surface area is 217 Å². The summed E-state index contributed by atoms with van der Waals surface area (Å²) in [7, 11) is 0. The number of hydrogen-bond acceptors (Lipinski definition) is 3. The Morgan fingerprint density at radius 2 is 1.65 bits per heavy atom. The van der Waals surface area contributed by atoms with Gasteiger partial charge in [-0.25, -0.2) is 9.37 Å². The monoisotopic (exact) mass is 499 g/mol. The second-order valence-electron chi connectivity index (χ2n) is 9.40. The van der Waals surface area contributed by atoms with E-state index in [2.05, 4.69) is 6.92 Å². The minimum Gasteiger partial charge on any atom is -0.328 e. The number of para-hydroxylation sites is 1. The number of nitrogens with zero attached hydrogens (tertiary/aromatic N) is 3. The van der Waals surface area contributed by atoms with Gasteiger partial charge in [-0.3, -0.25) is 14.2 Å². The SMILES string of the molecule is CCCCCCN(C(=O)c1ccccc1C)C(CC)c1nc2ccccc2c(=O)n1-c1ccc(F)cc1. The second-order valence-corrected chi connectivity index (χ2v) is 9.40. The minimum atomic E-state index is -0.448. The average molecular weight is 500 g/mol. The molecule has 37 heavy (non-hydrogen) atoms. The van der Waals surface area contributed by atoms with Crippen LogP contribution >= 0.6 is 0 Å². The molecule has 1 aromatic heterocycles. The van der Waals surface area contributed by atoms with Gasteiger partial charge >= 0.3 is 0 Å². The van der Waals surface area contributed by atoms with Crippen LogP contribution < -0.4 is 5.56 Å². The van der Waals surface area contributed by atoms with Crippen LogP contribution in [0.5, 0.6) is 0 Å². The number of hydrogen-bond donors (Lipinski definition) is 0. The van der Waals surface area contributed by atoms with Crippen molar-refractivity contribution in [3.8, 4) is 5.69 Å². The van der Waals surface area contributed by atoms with Gasteiger partial charge in [-0.2, -0.15) is 0 Å². The summed E-state index contributed by atoms with van der Waals surface area (Å²) >= 11 is 0. The Hall–Kier alpha value is -3.80. The Bertz CT molecular complexity index is 1430. The highest BCUT2D eigenvalue weighted by molar-refractivity contribution is 5.96. The summed E-state index contributed by atoms with van der Waals surface area (Å²) in [6.45, 7) is 6.65. The Morgan fingerprint density at radius 3 is 2.35 bits per heavy atom. The zero-order chi connectivity index (χ0) is 26.4. The average Bonchev–Trinajstić information content (AvgIpc) is 2.91. The number of rotatable bonds is 10. The van der Waals surface area contributed by atoms with Gasteiger partial charge in [0.2, 0.25) is 0 Å². The van der Waals surface area contributed by atoms with E-state index in [0.29, 0.717) is 40.9 Å². The standard InChI is InChI=1S/C31H34FN3O2/c1-4-6-7-12-21-34(30(36)25-14-9-8-13-22(25)3)28(5-2)29-33-27-16-11-10-15-26(27)31(37)35(29)24-19-17-23(32)18-20-24/h8-11,13-20,28H,4-7,12,21H2,1-3H3. The lowest BCUT2D eigenvalue weighted by atomic mass is 10.0. The number of benzene rings is 3. The number of amides is 1. The van der Waals surface area contributed by atoms with Crippen molar-refractivity contribution in [3.63, 3.8) is 0 Å². The first-order valence-electron chi connectivity index (χ1n) is 13.1. The summed E-state index contributed by atoms with van der Waals surface area (Å²) in [6, 6.07) is 20.2. The van der Waals surface area contributed by atoms with E-state index in [-0.39, 0.29) is 17.3 Å². The van der Waals surface area contributed by atoms with Crippen LogP contribution in [0.15, 0.2) is 77.6 Å². The van der Waals surface area contributed by atoms with E-state index in [4.69, 9.17) is 4.98 Å². The third-order valence-electron chi connectivity index (χ3n) is 6.84. The van der Waals surface area contributed by atoms with Crippen LogP contribution in [0.1, 0.15) is 73.7 Å². The molecule has 0 radical (unpaired) electrons. The van der Waals surface area contributed by atoms with Gasteiger partial charge in [-0.15, -0.1) is 0 Å². The molecule has 0 aliphatic rings. The van der Waals surface area contributed by atoms with Gasteiger partial charge < -0.3 is 4.90 Å². The molecule has 1 atom stereocenters. The molecule has 1 heterocycles. The van der Waals surface area contributed by atoms with Crippen LogP contribution in [0.25, 0.3) is 16.6 Å². The first-order valence-corrected chi connectivity index (χ1v) is 13.1. The van der Waals surface area contributed by atoms with Crippen molar-refractivity contribution >= 4 is 16.8 Å². The van der Waals surface area contributed by atoms with Crippen molar-refractivity contribution in [2.45, 2.75) is 58.9 Å². The molecule has 6 heteroatoms. The summed E-state index contributed by atoms with van der Waals surface area (Å²) in [5.41, 5.74) is 2.41. The van der Waals surface area contributed by atoms with E-state index in [9.17, 15) is 14.0 Å². The van der Waals surface area contributed by atoms with Gasteiger partial charge in [0.25, 0.3) is 11.5 Å². The van der Waals surface area contributed by atoms with Crippen LogP contribution in [0.2, 0.25) is 0 Å². The van der Waals surface area contributed by atoms with Crippen LogP contribution in [-0.4, -0.2) is 26.9 Å². The van der Waals surface area contributed by atoms with Gasteiger partial charge in [0.15, 0.2) is 0 Å². The van der Waals surface area contributed by atoms with Gasteiger partial charge in [0, 0.05) is 12.1 Å². The lowest BCUT2D eigenvalue weighted by Gasteiger charge is -2.33. The van der Waals surface area contributed by atoms with Gasteiger partial charge in [0.05, 0.1) is 22.6 Å². The molecule has 4 aromatic rings. The largest absolute Gasteiger partial charge is 0.328 e. The molecule has 4 rings (SSSR count). The molecule has 192 valence electrons. The summed E-state index contributed by atoms with van der Waals surface area (Å²) in [5.74, 6) is 0.0242. The molecule has 0 bridgehead atoms. The van der Waals surface area contributed by atoms with E-state index in [0.717, 1.165) is 31.2 Å². The molecule has 0 saturated heterocycles. The molecule has 3 aromatic carbocycles. The fraction of sp³-hybridized carbons (Fsp3) is 0.323. The van der Waals surface area contributed by atoms with Crippen molar-refractivity contribution in [2.75, 3.05) is 6.54 Å². The maximum absolute atomic E-state index is 14.0. The maximum atomic E-state index is 14.0. The molecule has 0 aliphatic carbocycles.